The van der Waals surface area contributed by atoms with Crippen molar-refractivity contribution in [2.24, 2.45) is 0 Å². The molecule has 11 nitrogen and oxygen atoms in total. The van der Waals surface area contributed by atoms with Crippen LogP contribution in [0.4, 0.5) is 41.9 Å². The highest BCUT2D eigenvalue weighted by Crippen LogP contribution is 2.41. The average Bonchev–Trinajstić information content (AvgIpc) is 3.60. The maximum Gasteiger partial charge on any atom is 0.247 e. The van der Waals surface area contributed by atoms with Crippen LogP contribution in [-0.4, -0.2) is 90.7 Å². The molecule has 0 spiro atoms. The maximum absolute atomic E-state index is 14.7. The lowest BCUT2D eigenvalue weighted by molar-refractivity contribution is -0.111. The SMILES string of the molecule is C=CC(=O)Nc1cc(Nc2cc(N3OCC[C@@H]3c3c(F)ccc(F)c3F)ncn2)c(OC)cc1N1CCC(N2CCN(C(C)C)CC2)CC1. The fraction of sp³-hybridized carbons (Fsp3) is 0.457. The number of anilines is 5. The van der Waals surface area contributed by atoms with Gasteiger partial charge in [0.15, 0.2) is 17.5 Å². The Kier molecular flexibility index (Phi) is 10.6. The summed E-state index contributed by atoms with van der Waals surface area (Å²) in [6, 6.07) is 7.00. The van der Waals surface area contributed by atoms with Crippen molar-refractivity contribution in [3.63, 3.8) is 0 Å². The molecule has 0 saturated carbocycles. The highest BCUT2D eigenvalue weighted by atomic mass is 19.2. The summed E-state index contributed by atoms with van der Waals surface area (Å²) in [5, 5.41) is 7.43. The van der Waals surface area contributed by atoms with Crippen LogP contribution in [0, 0.1) is 17.5 Å². The predicted octanol–water partition coefficient (Wildman–Crippen LogP) is 5.65. The van der Waals surface area contributed by atoms with Crippen LogP contribution in [0.3, 0.4) is 0 Å². The minimum absolute atomic E-state index is 0.153. The van der Waals surface area contributed by atoms with Crippen LogP contribution < -0.4 is 25.3 Å². The third-order valence-corrected chi connectivity index (χ3v) is 9.62. The van der Waals surface area contributed by atoms with Gasteiger partial charge in [0.1, 0.15) is 23.7 Å². The second kappa shape index (κ2) is 15.0. The van der Waals surface area contributed by atoms with Gasteiger partial charge in [-0.05, 0) is 51.0 Å². The lowest BCUT2D eigenvalue weighted by Gasteiger charge is -2.44. The molecule has 3 aliphatic heterocycles. The summed E-state index contributed by atoms with van der Waals surface area (Å²) in [4.78, 5) is 34.2. The largest absolute Gasteiger partial charge is 0.494 e. The Bertz CT molecular complexity index is 1660. The Labute approximate surface area is 284 Å². The molecule has 14 heteroatoms. The molecule has 0 aliphatic carbocycles. The second-order valence-electron chi connectivity index (χ2n) is 12.8. The lowest BCUT2D eigenvalue weighted by Crippen LogP contribution is -2.54. The van der Waals surface area contributed by atoms with Crippen molar-refractivity contribution in [1.29, 1.82) is 0 Å². The van der Waals surface area contributed by atoms with Crippen LogP contribution >= 0.6 is 0 Å². The van der Waals surface area contributed by atoms with E-state index in [-0.39, 0.29) is 24.8 Å². The molecule has 1 amide bonds. The van der Waals surface area contributed by atoms with E-state index >= 15 is 0 Å². The Morgan fingerprint density at radius 2 is 1.73 bits per heavy atom. The van der Waals surface area contributed by atoms with Gasteiger partial charge in [-0.3, -0.25) is 19.4 Å². The number of amides is 1. The molecule has 3 aromatic rings. The third-order valence-electron chi connectivity index (χ3n) is 9.62. The van der Waals surface area contributed by atoms with E-state index in [1.807, 2.05) is 6.07 Å². The van der Waals surface area contributed by atoms with Gasteiger partial charge in [-0.2, -0.15) is 0 Å². The third kappa shape index (κ3) is 7.46. The van der Waals surface area contributed by atoms with Crippen LogP contribution in [0.5, 0.6) is 5.75 Å². The van der Waals surface area contributed by atoms with Gasteiger partial charge in [0.2, 0.25) is 5.91 Å². The molecule has 0 radical (unpaired) electrons. The summed E-state index contributed by atoms with van der Waals surface area (Å²) in [6.45, 7) is 14.2. The van der Waals surface area contributed by atoms with E-state index in [1.54, 1.807) is 19.2 Å². The number of methoxy groups -OCH3 is 1. The second-order valence-corrected chi connectivity index (χ2v) is 12.8. The van der Waals surface area contributed by atoms with E-state index in [0.29, 0.717) is 35.0 Å². The molecule has 4 heterocycles. The zero-order valence-corrected chi connectivity index (χ0v) is 28.1. The van der Waals surface area contributed by atoms with E-state index in [0.717, 1.165) is 69.9 Å². The monoisotopic (exact) mass is 680 g/mol. The molecule has 262 valence electrons. The first-order chi connectivity index (χ1) is 23.7. The normalized spacial score (nSPS) is 19.4. The van der Waals surface area contributed by atoms with Crippen molar-refractivity contribution < 1.29 is 27.5 Å². The van der Waals surface area contributed by atoms with Crippen molar-refractivity contribution >= 4 is 34.6 Å². The number of piperazine rings is 1. The molecular weight excluding hydrogens is 637 g/mol. The number of halogens is 3. The smallest absolute Gasteiger partial charge is 0.247 e. The van der Waals surface area contributed by atoms with Crippen molar-refractivity contribution in [2.75, 3.05) is 73.6 Å². The summed E-state index contributed by atoms with van der Waals surface area (Å²) < 4.78 is 49.2. The molecule has 2 aromatic carbocycles. The van der Waals surface area contributed by atoms with E-state index in [4.69, 9.17) is 9.57 Å². The zero-order chi connectivity index (χ0) is 34.7. The van der Waals surface area contributed by atoms with Gasteiger partial charge in [-0.15, -0.1) is 0 Å². The lowest BCUT2D eigenvalue weighted by atomic mass is 10.0. The molecule has 1 atom stereocenters. The fourth-order valence-corrected chi connectivity index (χ4v) is 6.95. The average molecular weight is 681 g/mol. The predicted molar refractivity (Wildman–Crippen MR) is 183 cm³/mol. The Morgan fingerprint density at radius 1 is 1.00 bits per heavy atom. The first kappa shape index (κ1) is 34.5. The summed E-state index contributed by atoms with van der Waals surface area (Å²) in [5.74, 6) is -2.59. The van der Waals surface area contributed by atoms with Crippen molar-refractivity contribution in [1.82, 2.24) is 19.8 Å². The van der Waals surface area contributed by atoms with Crippen LogP contribution in [0.15, 0.2) is 49.3 Å². The van der Waals surface area contributed by atoms with Gasteiger partial charge in [-0.25, -0.2) is 28.2 Å². The van der Waals surface area contributed by atoms with Crippen LogP contribution in [0.2, 0.25) is 0 Å². The Hall–Kier alpha value is -4.40. The molecular formula is C35H43F3N8O3. The van der Waals surface area contributed by atoms with Gasteiger partial charge in [0.05, 0.1) is 42.4 Å². The standard InChI is InChI=1S/C35H43F3N8O3/c1-5-33(47)42-26-18-27(30(48-4)19-29(26)45-11-8-23(9-12-45)44-15-13-43(14-16-44)22(2)3)41-31-20-32(40-21-39-31)46-28(10-17-49-46)34-24(36)6-7-25(37)35(34)38/h5-7,18-23,28H,1,8-17H2,2-4H3,(H,42,47)(H,39,40,41)/t28-/m1/s1. The number of aromatic nitrogens is 2. The van der Waals surface area contributed by atoms with E-state index in [9.17, 15) is 18.0 Å². The summed E-state index contributed by atoms with van der Waals surface area (Å²) in [7, 11) is 1.56. The molecule has 1 aromatic heterocycles. The quantitative estimate of drug-likeness (QED) is 0.207. The number of carbonyl (C=O) groups is 1. The molecule has 2 N–H and O–H groups in total. The number of hydrogen-bond donors (Lipinski definition) is 2. The number of nitrogens with zero attached hydrogens (tertiary/aromatic N) is 6. The van der Waals surface area contributed by atoms with Gasteiger partial charge in [-0.1, -0.05) is 6.58 Å². The number of nitrogens with one attached hydrogen (secondary N) is 2. The molecule has 3 saturated heterocycles. The van der Waals surface area contributed by atoms with Crippen molar-refractivity contribution in [3.8, 4) is 5.75 Å². The fourth-order valence-electron chi connectivity index (χ4n) is 6.95. The minimum Gasteiger partial charge on any atom is -0.494 e. The molecule has 0 unspecified atom stereocenters. The first-order valence-electron chi connectivity index (χ1n) is 16.7. The van der Waals surface area contributed by atoms with E-state index in [1.165, 1.54) is 17.5 Å². The van der Waals surface area contributed by atoms with Gasteiger partial charge in [0.25, 0.3) is 0 Å². The Morgan fingerprint density at radius 3 is 2.43 bits per heavy atom. The molecule has 49 heavy (non-hydrogen) atoms. The highest BCUT2D eigenvalue weighted by molar-refractivity contribution is 6.02. The highest BCUT2D eigenvalue weighted by Gasteiger charge is 2.35. The van der Waals surface area contributed by atoms with E-state index < -0.39 is 29.1 Å². The van der Waals surface area contributed by atoms with Crippen molar-refractivity contribution in [2.45, 2.75) is 51.2 Å². The van der Waals surface area contributed by atoms with Gasteiger partial charge in [0, 0.05) is 69.9 Å². The van der Waals surface area contributed by atoms with E-state index in [2.05, 4.69) is 55.7 Å². The van der Waals surface area contributed by atoms with Crippen LogP contribution in [0.1, 0.15) is 44.7 Å². The molecule has 3 fully saturated rings. The number of carbonyl (C=O) groups excluding carboxylic acids is 1. The topological polar surface area (TPSA) is 98.3 Å². The number of hydroxylamine groups is 1. The van der Waals surface area contributed by atoms with Gasteiger partial charge >= 0.3 is 0 Å². The minimum atomic E-state index is -1.26. The maximum atomic E-state index is 14.7. The number of ether oxygens (including phenoxy) is 1. The number of rotatable bonds is 10. The van der Waals surface area contributed by atoms with Crippen molar-refractivity contribution in [3.05, 3.63) is 72.3 Å². The number of piperidine rings is 1. The number of hydrogen-bond acceptors (Lipinski definition) is 10. The molecule has 6 rings (SSSR count). The van der Waals surface area contributed by atoms with Crippen LogP contribution in [0.25, 0.3) is 0 Å². The van der Waals surface area contributed by atoms with Gasteiger partial charge < -0.3 is 20.3 Å². The number of benzene rings is 2. The zero-order valence-electron chi connectivity index (χ0n) is 28.1. The molecule has 3 aliphatic rings. The summed E-state index contributed by atoms with van der Waals surface area (Å²) in [6.07, 6.45) is 4.73. The van der Waals surface area contributed by atoms with Crippen LogP contribution in [-0.2, 0) is 9.63 Å². The summed E-state index contributed by atoms with van der Waals surface area (Å²) in [5.41, 5.74) is 1.49. The summed E-state index contributed by atoms with van der Waals surface area (Å²) >= 11 is 0. The first-order valence-corrected chi connectivity index (χ1v) is 16.7. The Balaban J connectivity index is 1.21. The molecule has 0 bridgehead atoms.